The number of nitrogens with zero attached hydrogens (tertiary/aromatic N) is 2. The van der Waals surface area contributed by atoms with Crippen LogP contribution in [0.1, 0.15) is 12.3 Å². The highest BCUT2D eigenvalue weighted by atomic mass is 16.5. The zero-order chi connectivity index (χ0) is 19.2. The molecule has 0 fully saturated rings. The molecule has 1 amide bonds. The van der Waals surface area contributed by atoms with Gasteiger partial charge in [-0.05, 0) is 48.5 Å². The molecule has 7 nitrogen and oxygen atoms in total. The SMILES string of the molecule is O=C(CCc1nc(-c2ccco2)no1)Nc1ccc(Nc2ccccc2)cc1. The summed E-state index contributed by atoms with van der Waals surface area (Å²) in [5, 5.41) is 10.0. The van der Waals surface area contributed by atoms with Crippen LogP contribution >= 0.6 is 0 Å². The van der Waals surface area contributed by atoms with E-state index in [1.54, 1.807) is 18.4 Å². The van der Waals surface area contributed by atoms with Gasteiger partial charge in [0, 0.05) is 29.9 Å². The van der Waals surface area contributed by atoms with Crippen molar-refractivity contribution in [2.75, 3.05) is 10.6 Å². The van der Waals surface area contributed by atoms with Gasteiger partial charge in [0.1, 0.15) is 0 Å². The normalized spacial score (nSPS) is 10.6. The van der Waals surface area contributed by atoms with E-state index in [4.69, 9.17) is 8.94 Å². The quantitative estimate of drug-likeness (QED) is 0.489. The Morgan fingerprint density at radius 1 is 0.893 bits per heavy atom. The van der Waals surface area contributed by atoms with Crippen LogP contribution in [0.15, 0.2) is 81.9 Å². The highest BCUT2D eigenvalue weighted by Gasteiger charge is 2.12. The number of para-hydroxylation sites is 1. The first kappa shape index (κ1) is 17.5. The lowest BCUT2D eigenvalue weighted by molar-refractivity contribution is -0.116. The van der Waals surface area contributed by atoms with Crippen LogP contribution in [0.2, 0.25) is 0 Å². The number of rotatable bonds is 7. The highest BCUT2D eigenvalue weighted by Crippen LogP contribution is 2.19. The summed E-state index contributed by atoms with van der Waals surface area (Å²) in [6.07, 6.45) is 2.14. The molecule has 0 bridgehead atoms. The molecule has 2 N–H and O–H groups in total. The van der Waals surface area contributed by atoms with Crippen molar-refractivity contribution in [3.05, 3.63) is 78.9 Å². The molecule has 140 valence electrons. The zero-order valence-corrected chi connectivity index (χ0v) is 15.0. The Bertz CT molecular complexity index is 1030. The Labute approximate surface area is 161 Å². The predicted octanol–water partition coefficient (Wildman–Crippen LogP) is 4.64. The van der Waals surface area contributed by atoms with E-state index in [9.17, 15) is 4.79 Å². The van der Waals surface area contributed by atoms with Crippen molar-refractivity contribution in [2.45, 2.75) is 12.8 Å². The minimum atomic E-state index is -0.124. The first-order valence-electron chi connectivity index (χ1n) is 8.85. The van der Waals surface area contributed by atoms with Gasteiger partial charge in [-0.1, -0.05) is 23.4 Å². The third-order valence-corrected chi connectivity index (χ3v) is 4.01. The lowest BCUT2D eigenvalue weighted by Crippen LogP contribution is -2.12. The number of anilines is 3. The molecule has 0 aliphatic carbocycles. The van der Waals surface area contributed by atoms with E-state index >= 15 is 0 Å². The van der Waals surface area contributed by atoms with Gasteiger partial charge in [-0.25, -0.2) is 0 Å². The Balaban J connectivity index is 1.28. The van der Waals surface area contributed by atoms with Crippen molar-refractivity contribution < 1.29 is 13.7 Å². The molecule has 4 aromatic rings. The van der Waals surface area contributed by atoms with Crippen LogP contribution in [0.25, 0.3) is 11.6 Å². The fourth-order valence-electron chi connectivity index (χ4n) is 2.63. The Kier molecular flexibility index (Phi) is 5.15. The van der Waals surface area contributed by atoms with Gasteiger partial charge in [-0.2, -0.15) is 4.98 Å². The van der Waals surface area contributed by atoms with Gasteiger partial charge in [0.05, 0.1) is 6.26 Å². The second-order valence-electron chi connectivity index (χ2n) is 6.11. The molecule has 0 aliphatic heterocycles. The molecule has 2 aromatic heterocycles. The van der Waals surface area contributed by atoms with Crippen LogP contribution in [-0.4, -0.2) is 16.0 Å². The monoisotopic (exact) mass is 374 g/mol. The van der Waals surface area contributed by atoms with E-state index in [2.05, 4.69) is 20.8 Å². The number of hydrogen-bond acceptors (Lipinski definition) is 6. The van der Waals surface area contributed by atoms with Crippen LogP contribution in [0, 0.1) is 0 Å². The smallest absolute Gasteiger partial charge is 0.238 e. The number of hydrogen-bond donors (Lipinski definition) is 2. The van der Waals surface area contributed by atoms with Crippen LogP contribution in [0.5, 0.6) is 0 Å². The van der Waals surface area contributed by atoms with Crippen molar-refractivity contribution in [1.29, 1.82) is 0 Å². The molecule has 0 atom stereocenters. The fraction of sp³-hybridized carbons (Fsp3) is 0.0952. The zero-order valence-electron chi connectivity index (χ0n) is 15.0. The van der Waals surface area contributed by atoms with Crippen molar-refractivity contribution in [2.24, 2.45) is 0 Å². The molecular formula is C21H18N4O3. The van der Waals surface area contributed by atoms with Gasteiger partial charge in [0.2, 0.25) is 17.6 Å². The molecule has 2 aromatic carbocycles. The standard InChI is InChI=1S/C21H18N4O3/c26-19(12-13-20-24-21(25-28-20)18-7-4-14-27-18)23-17-10-8-16(9-11-17)22-15-5-2-1-3-6-15/h1-11,14,22H,12-13H2,(H,23,26). The van der Waals surface area contributed by atoms with Gasteiger partial charge in [-0.15, -0.1) is 0 Å². The van der Waals surface area contributed by atoms with Crippen molar-refractivity contribution in [3.63, 3.8) is 0 Å². The molecule has 0 unspecified atom stereocenters. The van der Waals surface area contributed by atoms with Gasteiger partial charge < -0.3 is 19.6 Å². The minimum Gasteiger partial charge on any atom is -0.461 e. The number of furan rings is 1. The Morgan fingerprint density at radius 3 is 2.39 bits per heavy atom. The molecular weight excluding hydrogens is 356 g/mol. The molecule has 2 heterocycles. The van der Waals surface area contributed by atoms with Crippen LogP contribution < -0.4 is 10.6 Å². The summed E-state index contributed by atoms with van der Waals surface area (Å²) in [4.78, 5) is 16.4. The van der Waals surface area contributed by atoms with Crippen LogP contribution in [-0.2, 0) is 11.2 Å². The summed E-state index contributed by atoms with van der Waals surface area (Å²) in [7, 11) is 0. The molecule has 4 rings (SSSR count). The number of nitrogens with one attached hydrogen (secondary N) is 2. The van der Waals surface area contributed by atoms with Crippen LogP contribution in [0.3, 0.4) is 0 Å². The van der Waals surface area contributed by atoms with Gasteiger partial charge in [0.15, 0.2) is 5.76 Å². The Hall–Kier alpha value is -3.87. The number of aromatic nitrogens is 2. The molecule has 0 spiro atoms. The second kappa shape index (κ2) is 8.22. The average molecular weight is 374 g/mol. The largest absolute Gasteiger partial charge is 0.461 e. The molecule has 0 aliphatic rings. The second-order valence-corrected chi connectivity index (χ2v) is 6.11. The first-order valence-corrected chi connectivity index (χ1v) is 8.85. The van der Waals surface area contributed by atoms with Gasteiger partial charge in [0.25, 0.3) is 0 Å². The van der Waals surface area contributed by atoms with Crippen molar-refractivity contribution >= 4 is 23.0 Å². The average Bonchev–Trinajstić information content (AvgIpc) is 3.41. The number of carbonyl (C=O) groups is 1. The maximum absolute atomic E-state index is 12.2. The minimum absolute atomic E-state index is 0.124. The Morgan fingerprint density at radius 2 is 1.64 bits per heavy atom. The number of amides is 1. The van der Waals surface area contributed by atoms with Crippen molar-refractivity contribution in [3.8, 4) is 11.6 Å². The molecule has 7 heteroatoms. The first-order chi connectivity index (χ1) is 13.8. The van der Waals surface area contributed by atoms with E-state index in [0.717, 1.165) is 17.1 Å². The molecule has 0 saturated carbocycles. The maximum Gasteiger partial charge on any atom is 0.238 e. The number of carbonyl (C=O) groups excluding carboxylic acids is 1. The van der Waals surface area contributed by atoms with Crippen molar-refractivity contribution in [1.82, 2.24) is 10.1 Å². The topological polar surface area (TPSA) is 93.2 Å². The van der Waals surface area contributed by atoms with Gasteiger partial charge >= 0.3 is 0 Å². The molecule has 0 saturated heterocycles. The summed E-state index contributed by atoms with van der Waals surface area (Å²) in [5.74, 6) is 1.18. The highest BCUT2D eigenvalue weighted by molar-refractivity contribution is 5.91. The third kappa shape index (κ3) is 4.45. The van der Waals surface area contributed by atoms with E-state index in [-0.39, 0.29) is 12.3 Å². The molecule has 28 heavy (non-hydrogen) atoms. The summed E-state index contributed by atoms with van der Waals surface area (Å²) in [6.45, 7) is 0. The van der Waals surface area contributed by atoms with E-state index < -0.39 is 0 Å². The van der Waals surface area contributed by atoms with E-state index in [1.165, 1.54) is 0 Å². The summed E-state index contributed by atoms with van der Waals surface area (Å²) in [5.41, 5.74) is 2.68. The van der Waals surface area contributed by atoms with E-state index in [1.807, 2.05) is 54.6 Å². The van der Waals surface area contributed by atoms with Gasteiger partial charge in [-0.3, -0.25) is 4.79 Å². The third-order valence-electron chi connectivity index (χ3n) is 4.01. The lowest BCUT2D eigenvalue weighted by Gasteiger charge is -2.08. The fourth-order valence-corrected chi connectivity index (χ4v) is 2.63. The summed E-state index contributed by atoms with van der Waals surface area (Å²) >= 11 is 0. The number of benzene rings is 2. The summed E-state index contributed by atoms with van der Waals surface area (Å²) < 4.78 is 10.4. The summed E-state index contributed by atoms with van der Waals surface area (Å²) in [6, 6.07) is 20.9. The maximum atomic E-state index is 12.2. The molecule has 0 radical (unpaired) electrons. The number of aryl methyl sites for hydroxylation is 1. The predicted molar refractivity (Wildman–Crippen MR) is 105 cm³/mol. The lowest BCUT2D eigenvalue weighted by atomic mass is 10.2. The van der Waals surface area contributed by atoms with Crippen LogP contribution in [0.4, 0.5) is 17.1 Å². The van der Waals surface area contributed by atoms with E-state index in [0.29, 0.717) is 23.9 Å².